The van der Waals surface area contributed by atoms with E-state index in [1.54, 1.807) is 45.9 Å². The molecule has 3 atom stereocenters. The number of hydrogen-bond donors (Lipinski definition) is 3. The van der Waals surface area contributed by atoms with E-state index in [1.807, 2.05) is 27.7 Å². The standard InChI is InChI=1S/C28H47N3O5/c1-10-12-13-17-29-25(33)23(21-16-14-15-19(5)24(21)32)31(20(6)11-2)26(34)22(18(3)4)30-27(35)36-28(7,8)9/h14-16,18,20,22-23,32H,10-13,17H2,1-9H3,(H,29,33)(H,30,35). The molecule has 0 spiro atoms. The number of alkyl carbamates (subject to hydrolysis) is 1. The molecule has 1 aromatic carbocycles. The molecule has 0 aliphatic carbocycles. The molecule has 0 aromatic heterocycles. The van der Waals surface area contributed by atoms with Gasteiger partial charge in [0.25, 0.3) is 0 Å². The van der Waals surface area contributed by atoms with Crippen molar-refractivity contribution in [2.75, 3.05) is 6.54 Å². The van der Waals surface area contributed by atoms with Crippen molar-refractivity contribution in [3.05, 3.63) is 29.3 Å². The van der Waals surface area contributed by atoms with Crippen LogP contribution >= 0.6 is 0 Å². The lowest BCUT2D eigenvalue weighted by molar-refractivity contribution is -0.146. The van der Waals surface area contributed by atoms with Crippen molar-refractivity contribution >= 4 is 17.9 Å². The summed E-state index contributed by atoms with van der Waals surface area (Å²) in [6, 6.07) is 2.87. The third-order valence-corrected chi connectivity index (χ3v) is 6.09. The highest BCUT2D eigenvalue weighted by Crippen LogP contribution is 2.34. The lowest BCUT2D eigenvalue weighted by atomic mass is 9.95. The second-order valence-corrected chi connectivity index (χ2v) is 10.8. The Morgan fingerprint density at radius 1 is 1.08 bits per heavy atom. The minimum Gasteiger partial charge on any atom is -0.507 e. The first kappa shape index (κ1) is 31.3. The molecule has 0 radical (unpaired) electrons. The molecular formula is C28H47N3O5. The van der Waals surface area contributed by atoms with Crippen molar-refractivity contribution in [2.45, 2.75) is 112 Å². The first-order valence-corrected chi connectivity index (χ1v) is 13.1. The largest absolute Gasteiger partial charge is 0.507 e. The minimum absolute atomic E-state index is 0.0199. The molecule has 8 nitrogen and oxygen atoms in total. The summed E-state index contributed by atoms with van der Waals surface area (Å²) in [5.41, 5.74) is 0.246. The first-order chi connectivity index (χ1) is 16.7. The average molecular weight is 506 g/mol. The van der Waals surface area contributed by atoms with Gasteiger partial charge in [0, 0.05) is 18.2 Å². The molecule has 1 aromatic rings. The van der Waals surface area contributed by atoms with Crippen LogP contribution in [-0.2, 0) is 14.3 Å². The van der Waals surface area contributed by atoms with E-state index in [-0.39, 0.29) is 23.6 Å². The van der Waals surface area contributed by atoms with Gasteiger partial charge in [0.2, 0.25) is 11.8 Å². The van der Waals surface area contributed by atoms with Crippen LogP contribution in [-0.4, -0.2) is 52.1 Å². The number of aryl methyl sites for hydroxylation is 1. The zero-order valence-electron chi connectivity index (χ0n) is 23.6. The summed E-state index contributed by atoms with van der Waals surface area (Å²) in [5, 5.41) is 16.6. The van der Waals surface area contributed by atoms with E-state index in [4.69, 9.17) is 4.74 Å². The summed E-state index contributed by atoms with van der Waals surface area (Å²) in [6.45, 7) is 17.0. The number of carbonyl (C=O) groups is 3. The van der Waals surface area contributed by atoms with E-state index in [9.17, 15) is 19.5 Å². The number of nitrogens with one attached hydrogen (secondary N) is 2. The van der Waals surface area contributed by atoms with Gasteiger partial charge in [-0.2, -0.15) is 0 Å². The highest BCUT2D eigenvalue weighted by molar-refractivity contribution is 5.93. The summed E-state index contributed by atoms with van der Waals surface area (Å²) in [6.07, 6.45) is 2.69. The average Bonchev–Trinajstić information content (AvgIpc) is 2.78. The summed E-state index contributed by atoms with van der Waals surface area (Å²) < 4.78 is 5.40. The van der Waals surface area contributed by atoms with E-state index < -0.39 is 29.7 Å². The molecule has 0 aliphatic heterocycles. The van der Waals surface area contributed by atoms with Gasteiger partial charge in [-0.25, -0.2) is 4.79 Å². The predicted octanol–water partition coefficient (Wildman–Crippen LogP) is 5.22. The van der Waals surface area contributed by atoms with Crippen molar-refractivity contribution in [1.29, 1.82) is 0 Å². The Morgan fingerprint density at radius 2 is 1.72 bits per heavy atom. The van der Waals surface area contributed by atoms with Gasteiger partial charge in [-0.05, 0) is 58.9 Å². The van der Waals surface area contributed by atoms with Crippen molar-refractivity contribution in [2.24, 2.45) is 5.92 Å². The van der Waals surface area contributed by atoms with Gasteiger partial charge in [0.1, 0.15) is 23.4 Å². The third kappa shape index (κ3) is 9.03. The monoisotopic (exact) mass is 505 g/mol. The predicted molar refractivity (Wildman–Crippen MR) is 143 cm³/mol. The Bertz CT molecular complexity index is 878. The van der Waals surface area contributed by atoms with Gasteiger partial charge in [-0.3, -0.25) is 9.59 Å². The van der Waals surface area contributed by atoms with Gasteiger partial charge in [0.05, 0.1) is 0 Å². The second kappa shape index (κ2) is 14.1. The highest BCUT2D eigenvalue weighted by Gasteiger charge is 2.40. The Hall–Kier alpha value is -2.77. The lowest BCUT2D eigenvalue weighted by Crippen LogP contribution is -2.57. The number of rotatable bonds is 12. The van der Waals surface area contributed by atoms with Crippen LogP contribution < -0.4 is 10.6 Å². The van der Waals surface area contributed by atoms with Crippen LogP contribution in [0.1, 0.15) is 98.2 Å². The summed E-state index contributed by atoms with van der Waals surface area (Å²) >= 11 is 0. The van der Waals surface area contributed by atoms with Crippen LogP contribution in [0.15, 0.2) is 18.2 Å². The maximum atomic E-state index is 14.1. The number of benzene rings is 1. The van der Waals surface area contributed by atoms with Gasteiger partial charge < -0.3 is 25.4 Å². The molecule has 204 valence electrons. The third-order valence-electron chi connectivity index (χ3n) is 6.09. The fourth-order valence-corrected chi connectivity index (χ4v) is 3.91. The molecule has 0 aliphatic rings. The number of phenols is 1. The topological polar surface area (TPSA) is 108 Å². The molecule has 3 N–H and O–H groups in total. The number of hydrogen-bond acceptors (Lipinski definition) is 5. The van der Waals surface area contributed by atoms with Crippen molar-refractivity contribution in [1.82, 2.24) is 15.5 Å². The Labute approximate surface area is 217 Å². The molecule has 0 heterocycles. The van der Waals surface area contributed by atoms with Gasteiger partial charge in [-0.1, -0.05) is 58.7 Å². The first-order valence-electron chi connectivity index (χ1n) is 13.1. The van der Waals surface area contributed by atoms with E-state index in [2.05, 4.69) is 17.6 Å². The van der Waals surface area contributed by atoms with E-state index in [0.717, 1.165) is 19.3 Å². The molecule has 8 heteroatoms. The second-order valence-electron chi connectivity index (χ2n) is 10.8. The number of carbonyl (C=O) groups excluding carboxylic acids is 3. The summed E-state index contributed by atoms with van der Waals surface area (Å²) in [7, 11) is 0. The van der Waals surface area contributed by atoms with Gasteiger partial charge >= 0.3 is 6.09 Å². The van der Waals surface area contributed by atoms with E-state index >= 15 is 0 Å². The maximum Gasteiger partial charge on any atom is 0.408 e. The maximum absolute atomic E-state index is 14.1. The van der Waals surface area contributed by atoms with Crippen molar-refractivity contribution in [3.63, 3.8) is 0 Å². The molecule has 0 bridgehead atoms. The number of phenolic OH excluding ortho intramolecular Hbond substituents is 1. The Balaban J connectivity index is 3.52. The van der Waals surface area contributed by atoms with Crippen LogP contribution in [0, 0.1) is 12.8 Å². The zero-order valence-corrected chi connectivity index (χ0v) is 23.6. The smallest absolute Gasteiger partial charge is 0.408 e. The molecular weight excluding hydrogens is 458 g/mol. The normalized spacial score (nSPS) is 14.1. The molecule has 1 rings (SSSR count). The SMILES string of the molecule is CCCCCNC(=O)C(c1cccc(C)c1O)N(C(=O)C(NC(=O)OC(C)(C)C)C(C)C)C(C)CC. The number of amides is 3. The highest BCUT2D eigenvalue weighted by atomic mass is 16.6. The number of unbranched alkanes of at least 4 members (excludes halogenated alkanes) is 2. The fraction of sp³-hybridized carbons (Fsp3) is 0.679. The van der Waals surface area contributed by atoms with E-state index in [1.165, 1.54) is 4.90 Å². The molecule has 0 fully saturated rings. The van der Waals surface area contributed by atoms with Crippen molar-refractivity contribution in [3.8, 4) is 5.75 Å². The van der Waals surface area contributed by atoms with Crippen LogP contribution in [0.5, 0.6) is 5.75 Å². The van der Waals surface area contributed by atoms with Crippen molar-refractivity contribution < 1.29 is 24.2 Å². The number of para-hydroxylation sites is 1. The molecule has 3 unspecified atom stereocenters. The quantitative estimate of drug-likeness (QED) is 0.337. The fourth-order valence-electron chi connectivity index (χ4n) is 3.91. The van der Waals surface area contributed by atoms with Gasteiger partial charge in [0.15, 0.2) is 0 Å². The van der Waals surface area contributed by atoms with Crippen LogP contribution in [0.25, 0.3) is 0 Å². The molecule has 0 saturated heterocycles. The number of aromatic hydroxyl groups is 1. The lowest BCUT2D eigenvalue weighted by Gasteiger charge is -2.39. The molecule has 3 amide bonds. The Kier molecular flexibility index (Phi) is 12.2. The number of ether oxygens (including phenoxy) is 1. The van der Waals surface area contributed by atoms with Crippen LogP contribution in [0.2, 0.25) is 0 Å². The zero-order chi connectivity index (χ0) is 27.6. The Morgan fingerprint density at radius 3 is 2.25 bits per heavy atom. The molecule has 0 saturated carbocycles. The van der Waals surface area contributed by atoms with Crippen LogP contribution in [0.3, 0.4) is 0 Å². The van der Waals surface area contributed by atoms with Gasteiger partial charge in [-0.15, -0.1) is 0 Å². The number of nitrogens with zero attached hydrogens (tertiary/aromatic N) is 1. The minimum atomic E-state index is -1.06. The summed E-state index contributed by atoms with van der Waals surface area (Å²) in [4.78, 5) is 41.8. The summed E-state index contributed by atoms with van der Waals surface area (Å²) in [5.74, 6) is -1.05. The van der Waals surface area contributed by atoms with Crippen LogP contribution in [0.4, 0.5) is 4.79 Å². The van der Waals surface area contributed by atoms with E-state index in [0.29, 0.717) is 24.1 Å². The molecule has 36 heavy (non-hydrogen) atoms.